The predicted octanol–water partition coefficient (Wildman–Crippen LogP) is 1.87. The van der Waals surface area contributed by atoms with Gasteiger partial charge in [-0.3, -0.25) is 0 Å². The van der Waals surface area contributed by atoms with E-state index in [1.54, 1.807) is 0 Å². The second-order valence-electron chi connectivity index (χ2n) is 2.05. The molecule has 0 amide bonds. The normalized spacial score (nSPS) is 13.2. The van der Waals surface area contributed by atoms with Crippen LogP contribution in [-0.4, -0.2) is 0 Å². The average Bonchev–Trinajstić information content (AvgIpc) is 2.04. The highest BCUT2D eigenvalue weighted by atomic mass is 19.1. The topological polar surface area (TPSA) is 18.5 Å². The molecule has 11 heavy (non-hydrogen) atoms. The van der Waals surface area contributed by atoms with Crippen LogP contribution in [0.15, 0.2) is 24.5 Å². The van der Waals surface area contributed by atoms with E-state index >= 15 is 0 Å². The van der Waals surface area contributed by atoms with Gasteiger partial charge in [0.05, 0.1) is 0 Å². The third-order valence-corrected chi connectivity index (χ3v) is 1.31. The van der Waals surface area contributed by atoms with E-state index in [0.29, 0.717) is 11.5 Å². The maximum Gasteiger partial charge on any atom is 0.208 e. The lowest BCUT2D eigenvalue weighted by Crippen LogP contribution is -1.96. The van der Waals surface area contributed by atoms with Crippen LogP contribution in [0.25, 0.3) is 0 Å². The lowest BCUT2D eigenvalue weighted by molar-refractivity contribution is 0.341. The maximum atomic E-state index is 12.5. The van der Waals surface area contributed by atoms with E-state index in [1.165, 1.54) is 24.5 Å². The SMILES string of the molecule is Fc1ccc2c(c1)OC=[C]O2. The Morgan fingerprint density at radius 2 is 2.18 bits per heavy atom. The highest BCUT2D eigenvalue weighted by molar-refractivity contribution is 5.41. The zero-order valence-corrected chi connectivity index (χ0v) is 5.50. The summed E-state index contributed by atoms with van der Waals surface area (Å²) in [4.78, 5) is 0. The monoisotopic (exact) mass is 151 g/mol. The molecular weight excluding hydrogens is 147 g/mol. The van der Waals surface area contributed by atoms with Crippen LogP contribution in [-0.2, 0) is 0 Å². The molecule has 1 aliphatic heterocycles. The van der Waals surface area contributed by atoms with Crippen molar-refractivity contribution in [3.63, 3.8) is 0 Å². The molecule has 3 heteroatoms. The summed E-state index contributed by atoms with van der Waals surface area (Å²) < 4.78 is 22.3. The second kappa shape index (κ2) is 2.27. The largest absolute Gasteiger partial charge is 0.457 e. The number of fused-ring (bicyclic) bond motifs is 1. The Morgan fingerprint density at radius 1 is 1.27 bits per heavy atom. The van der Waals surface area contributed by atoms with Crippen LogP contribution in [0.4, 0.5) is 4.39 Å². The molecule has 0 saturated carbocycles. The molecular formula is C8H4FO2. The van der Waals surface area contributed by atoms with Crippen LogP contribution < -0.4 is 9.47 Å². The number of rotatable bonds is 0. The van der Waals surface area contributed by atoms with Crippen molar-refractivity contribution >= 4 is 0 Å². The van der Waals surface area contributed by atoms with Crippen LogP contribution in [0.2, 0.25) is 0 Å². The van der Waals surface area contributed by atoms with Gasteiger partial charge in [-0.05, 0) is 12.1 Å². The Bertz CT molecular complexity index is 307. The van der Waals surface area contributed by atoms with Gasteiger partial charge in [-0.1, -0.05) is 0 Å². The quantitative estimate of drug-likeness (QED) is 0.563. The lowest BCUT2D eigenvalue weighted by Gasteiger charge is -2.09. The van der Waals surface area contributed by atoms with Crippen molar-refractivity contribution in [2.24, 2.45) is 0 Å². The minimum absolute atomic E-state index is 0.345. The van der Waals surface area contributed by atoms with Gasteiger partial charge < -0.3 is 9.47 Å². The highest BCUT2D eigenvalue weighted by Gasteiger charge is 2.08. The van der Waals surface area contributed by atoms with Gasteiger partial charge in [0.2, 0.25) is 6.26 Å². The van der Waals surface area contributed by atoms with Crippen LogP contribution in [0, 0.1) is 12.1 Å². The molecule has 1 heterocycles. The fourth-order valence-corrected chi connectivity index (χ4v) is 0.833. The van der Waals surface area contributed by atoms with E-state index in [4.69, 9.17) is 9.47 Å². The Kier molecular flexibility index (Phi) is 1.28. The number of halogens is 1. The van der Waals surface area contributed by atoms with Gasteiger partial charge in [0.15, 0.2) is 11.5 Å². The zero-order chi connectivity index (χ0) is 7.68. The highest BCUT2D eigenvalue weighted by Crippen LogP contribution is 2.30. The van der Waals surface area contributed by atoms with E-state index in [1.807, 2.05) is 0 Å². The Hall–Kier alpha value is -1.51. The summed E-state index contributed by atoms with van der Waals surface area (Å²) >= 11 is 0. The number of hydrogen-bond donors (Lipinski definition) is 0. The van der Waals surface area contributed by atoms with Gasteiger partial charge in [-0.15, -0.1) is 0 Å². The van der Waals surface area contributed by atoms with E-state index in [0.717, 1.165) is 0 Å². The van der Waals surface area contributed by atoms with Gasteiger partial charge in [-0.2, -0.15) is 0 Å². The molecule has 0 aliphatic carbocycles. The number of hydrogen-bond acceptors (Lipinski definition) is 2. The molecule has 0 N–H and O–H groups in total. The average molecular weight is 151 g/mol. The van der Waals surface area contributed by atoms with E-state index < -0.39 is 0 Å². The fraction of sp³-hybridized carbons (Fsp3) is 0. The minimum Gasteiger partial charge on any atom is -0.457 e. The van der Waals surface area contributed by atoms with Crippen molar-refractivity contribution in [1.29, 1.82) is 0 Å². The molecule has 1 aromatic rings. The Morgan fingerprint density at radius 3 is 3.09 bits per heavy atom. The minimum atomic E-state index is -0.345. The smallest absolute Gasteiger partial charge is 0.208 e. The molecule has 0 saturated heterocycles. The standard InChI is InChI=1S/C8H4FO2/c9-6-1-2-7-8(5-6)11-4-3-10-7/h1-2,4-5H. The van der Waals surface area contributed by atoms with Crippen molar-refractivity contribution in [2.45, 2.75) is 0 Å². The first-order valence-corrected chi connectivity index (χ1v) is 3.06. The summed E-state index contributed by atoms with van der Waals surface area (Å²) in [5, 5.41) is 0. The van der Waals surface area contributed by atoms with Crippen LogP contribution >= 0.6 is 0 Å². The number of benzene rings is 1. The molecule has 1 radical (unpaired) electrons. The summed E-state index contributed by atoms with van der Waals surface area (Å²) in [5.74, 6) is 0.514. The van der Waals surface area contributed by atoms with Crippen LogP contribution in [0.3, 0.4) is 0 Å². The zero-order valence-electron chi connectivity index (χ0n) is 5.50. The van der Waals surface area contributed by atoms with Crippen molar-refractivity contribution < 1.29 is 13.9 Å². The van der Waals surface area contributed by atoms with Crippen LogP contribution in [0.5, 0.6) is 11.5 Å². The molecule has 0 spiro atoms. The van der Waals surface area contributed by atoms with Crippen molar-refractivity contribution in [2.75, 3.05) is 0 Å². The summed E-state index contributed by atoms with van der Waals surface area (Å²) in [7, 11) is 0. The van der Waals surface area contributed by atoms with Crippen molar-refractivity contribution in [3.8, 4) is 11.5 Å². The van der Waals surface area contributed by atoms with E-state index in [2.05, 4.69) is 6.26 Å². The third kappa shape index (κ3) is 1.05. The Labute approximate surface area is 62.9 Å². The van der Waals surface area contributed by atoms with E-state index in [9.17, 15) is 4.39 Å². The molecule has 55 valence electrons. The van der Waals surface area contributed by atoms with Gasteiger partial charge in [0.1, 0.15) is 12.1 Å². The first-order valence-electron chi connectivity index (χ1n) is 3.06. The molecule has 0 atom stereocenters. The molecule has 0 unspecified atom stereocenters. The molecule has 1 aliphatic rings. The molecule has 1 aromatic carbocycles. The van der Waals surface area contributed by atoms with E-state index in [-0.39, 0.29) is 5.82 Å². The summed E-state index contributed by atoms with van der Waals surface area (Å²) in [6.07, 6.45) is 3.63. The lowest BCUT2D eigenvalue weighted by atomic mass is 10.3. The molecule has 0 aromatic heterocycles. The Balaban J connectivity index is 2.48. The third-order valence-electron chi connectivity index (χ3n) is 1.31. The van der Waals surface area contributed by atoms with Gasteiger partial charge in [0, 0.05) is 6.07 Å². The molecule has 0 fully saturated rings. The summed E-state index contributed by atoms with van der Waals surface area (Å²) in [6, 6.07) is 4.05. The van der Waals surface area contributed by atoms with Gasteiger partial charge >= 0.3 is 0 Å². The number of ether oxygens (including phenoxy) is 2. The predicted molar refractivity (Wildman–Crippen MR) is 35.5 cm³/mol. The molecule has 2 rings (SSSR count). The first kappa shape index (κ1) is 6.22. The summed E-state index contributed by atoms with van der Waals surface area (Å²) in [6.45, 7) is 0. The van der Waals surface area contributed by atoms with Gasteiger partial charge in [0.25, 0.3) is 0 Å². The molecule has 2 nitrogen and oxygen atoms in total. The maximum absolute atomic E-state index is 12.5. The summed E-state index contributed by atoms with van der Waals surface area (Å²) in [5.41, 5.74) is 0. The van der Waals surface area contributed by atoms with Crippen LogP contribution in [0.1, 0.15) is 0 Å². The first-order chi connectivity index (χ1) is 5.36. The fourth-order valence-electron chi connectivity index (χ4n) is 0.833. The molecule has 0 bridgehead atoms. The van der Waals surface area contributed by atoms with Crippen molar-refractivity contribution in [3.05, 3.63) is 36.5 Å². The van der Waals surface area contributed by atoms with Crippen molar-refractivity contribution in [1.82, 2.24) is 0 Å². The van der Waals surface area contributed by atoms with Gasteiger partial charge in [-0.25, -0.2) is 4.39 Å². The second-order valence-corrected chi connectivity index (χ2v) is 2.05.